The van der Waals surface area contributed by atoms with E-state index in [1.165, 1.54) is 32.2 Å². The van der Waals surface area contributed by atoms with Crippen LogP contribution >= 0.6 is 24.0 Å². The SMILES string of the molecule is CN=C(NCC1CCCO1)NCC(C)N1CCCCC1C.I. The first kappa shape index (κ1) is 20.0. The molecule has 130 valence electrons. The van der Waals surface area contributed by atoms with Crippen molar-refractivity contribution in [2.45, 2.75) is 64.1 Å². The molecule has 5 nitrogen and oxygen atoms in total. The Labute approximate surface area is 152 Å². The fourth-order valence-electron chi connectivity index (χ4n) is 3.37. The highest BCUT2D eigenvalue weighted by molar-refractivity contribution is 14.0. The summed E-state index contributed by atoms with van der Waals surface area (Å²) in [5.74, 6) is 0.891. The molecule has 3 unspecified atom stereocenters. The Kier molecular flexibility index (Phi) is 9.66. The van der Waals surface area contributed by atoms with Gasteiger partial charge < -0.3 is 15.4 Å². The van der Waals surface area contributed by atoms with E-state index in [2.05, 4.69) is 34.4 Å². The number of aliphatic imine (C=N–C) groups is 1. The molecule has 0 amide bonds. The lowest BCUT2D eigenvalue weighted by Gasteiger charge is -2.38. The minimum atomic E-state index is 0. The third kappa shape index (κ3) is 6.20. The molecule has 2 aliphatic rings. The fraction of sp³-hybridized carbons (Fsp3) is 0.938. The summed E-state index contributed by atoms with van der Waals surface area (Å²) in [5, 5.41) is 6.83. The molecule has 0 aliphatic carbocycles. The maximum absolute atomic E-state index is 5.63. The normalized spacial score (nSPS) is 28.0. The molecule has 0 saturated carbocycles. The zero-order valence-corrected chi connectivity index (χ0v) is 16.6. The Hall–Kier alpha value is -0.0800. The number of guanidine groups is 1. The van der Waals surface area contributed by atoms with Gasteiger partial charge in [0.1, 0.15) is 0 Å². The van der Waals surface area contributed by atoms with Crippen LogP contribution in [0.5, 0.6) is 0 Å². The van der Waals surface area contributed by atoms with Crippen molar-refractivity contribution in [2.75, 3.05) is 33.3 Å². The Morgan fingerprint density at radius 3 is 2.73 bits per heavy atom. The van der Waals surface area contributed by atoms with Gasteiger partial charge in [-0.3, -0.25) is 9.89 Å². The summed E-state index contributed by atoms with van der Waals surface area (Å²) in [6.07, 6.45) is 6.73. The summed E-state index contributed by atoms with van der Waals surface area (Å²) >= 11 is 0. The van der Waals surface area contributed by atoms with Gasteiger partial charge in [-0.05, 0) is 46.1 Å². The van der Waals surface area contributed by atoms with Gasteiger partial charge in [0, 0.05) is 38.8 Å². The highest BCUT2D eigenvalue weighted by Gasteiger charge is 2.23. The second-order valence-electron chi connectivity index (χ2n) is 6.40. The molecule has 0 aromatic rings. The molecule has 2 saturated heterocycles. The second kappa shape index (κ2) is 10.6. The molecule has 2 N–H and O–H groups in total. The van der Waals surface area contributed by atoms with E-state index in [9.17, 15) is 0 Å². The smallest absolute Gasteiger partial charge is 0.191 e. The van der Waals surface area contributed by atoms with Crippen LogP contribution in [-0.2, 0) is 4.74 Å². The molecule has 0 aromatic carbocycles. The molecule has 2 heterocycles. The van der Waals surface area contributed by atoms with Crippen LogP contribution in [-0.4, -0.2) is 62.3 Å². The number of nitrogens with zero attached hydrogens (tertiary/aromatic N) is 2. The van der Waals surface area contributed by atoms with Gasteiger partial charge in [0.15, 0.2) is 5.96 Å². The Morgan fingerprint density at radius 1 is 1.27 bits per heavy atom. The molecule has 3 atom stereocenters. The van der Waals surface area contributed by atoms with Gasteiger partial charge in [-0.15, -0.1) is 24.0 Å². The highest BCUT2D eigenvalue weighted by atomic mass is 127. The molecule has 2 aliphatic heterocycles. The van der Waals surface area contributed by atoms with E-state index < -0.39 is 0 Å². The number of rotatable bonds is 5. The van der Waals surface area contributed by atoms with Crippen LogP contribution in [0.2, 0.25) is 0 Å². The minimum absolute atomic E-state index is 0. The maximum atomic E-state index is 5.63. The van der Waals surface area contributed by atoms with Gasteiger partial charge in [-0.1, -0.05) is 6.42 Å². The van der Waals surface area contributed by atoms with Crippen LogP contribution in [0.3, 0.4) is 0 Å². The number of nitrogens with one attached hydrogen (secondary N) is 2. The van der Waals surface area contributed by atoms with Crippen molar-refractivity contribution in [3.05, 3.63) is 0 Å². The number of likely N-dealkylation sites (tertiary alicyclic amines) is 1. The predicted octanol–water partition coefficient (Wildman–Crippen LogP) is 2.21. The summed E-state index contributed by atoms with van der Waals surface area (Å²) in [6.45, 7) is 8.58. The van der Waals surface area contributed by atoms with Crippen LogP contribution in [0, 0.1) is 0 Å². The molecular weight excluding hydrogens is 391 g/mol. The van der Waals surface area contributed by atoms with Gasteiger partial charge in [-0.2, -0.15) is 0 Å². The molecule has 6 heteroatoms. The van der Waals surface area contributed by atoms with Crippen LogP contribution in [0.15, 0.2) is 4.99 Å². The van der Waals surface area contributed by atoms with Gasteiger partial charge in [-0.25, -0.2) is 0 Å². The molecular formula is C16H33IN4O. The summed E-state index contributed by atoms with van der Waals surface area (Å²) in [6, 6.07) is 1.25. The summed E-state index contributed by atoms with van der Waals surface area (Å²) in [5.41, 5.74) is 0. The third-order valence-corrected chi connectivity index (χ3v) is 4.73. The minimum Gasteiger partial charge on any atom is -0.376 e. The topological polar surface area (TPSA) is 48.9 Å². The number of hydrogen-bond acceptors (Lipinski definition) is 3. The van der Waals surface area contributed by atoms with E-state index in [-0.39, 0.29) is 24.0 Å². The number of piperidine rings is 1. The molecule has 0 radical (unpaired) electrons. The van der Waals surface area contributed by atoms with Crippen molar-refractivity contribution in [1.29, 1.82) is 0 Å². The van der Waals surface area contributed by atoms with Crippen molar-refractivity contribution < 1.29 is 4.74 Å². The number of hydrogen-bond donors (Lipinski definition) is 2. The van der Waals surface area contributed by atoms with Crippen molar-refractivity contribution in [2.24, 2.45) is 4.99 Å². The van der Waals surface area contributed by atoms with Gasteiger partial charge in [0.2, 0.25) is 0 Å². The van der Waals surface area contributed by atoms with E-state index in [1.807, 2.05) is 7.05 Å². The lowest BCUT2D eigenvalue weighted by Crippen LogP contribution is -2.50. The van der Waals surface area contributed by atoms with Crippen LogP contribution in [0.1, 0.15) is 46.0 Å². The van der Waals surface area contributed by atoms with Gasteiger partial charge in [0.25, 0.3) is 0 Å². The quantitative estimate of drug-likeness (QED) is 0.404. The number of ether oxygens (including phenoxy) is 1. The second-order valence-corrected chi connectivity index (χ2v) is 6.40. The maximum Gasteiger partial charge on any atom is 0.191 e. The fourth-order valence-corrected chi connectivity index (χ4v) is 3.37. The predicted molar refractivity (Wildman–Crippen MR) is 103 cm³/mol. The lowest BCUT2D eigenvalue weighted by molar-refractivity contribution is 0.112. The average Bonchev–Trinajstić information content (AvgIpc) is 3.01. The molecule has 2 fully saturated rings. The van der Waals surface area contributed by atoms with Crippen LogP contribution < -0.4 is 10.6 Å². The molecule has 2 rings (SSSR count). The zero-order chi connectivity index (χ0) is 15.1. The van der Waals surface area contributed by atoms with E-state index in [0.29, 0.717) is 18.2 Å². The molecule has 0 aromatic heterocycles. The first-order chi connectivity index (χ1) is 10.2. The Bertz CT molecular complexity index is 334. The first-order valence-corrected chi connectivity index (χ1v) is 8.52. The first-order valence-electron chi connectivity index (χ1n) is 8.52. The van der Waals surface area contributed by atoms with Gasteiger partial charge >= 0.3 is 0 Å². The lowest BCUT2D eigenvalue weighted by atomic mass is 10.0. The van der Waals surface area contributed by atoms with E-state index in [0.717, 1.165) is 32.1 Å². The van der Waals surface area contributed by atoms with Crippen LogP contribution in [0.25, 0.3) is 0 Å². The van der Waals surface area contributed by atoms with Crippen molar-refractivity contribution in [3.8, 4) is 0 Å². The van der Waals surface area contributed by atoms with Crippen molar-refractivity contribution in [3.63, 3.8) is 0 Å². The average molecular weight is 424 g/mol. The van der Waals surface area contributed by atoms with Crippen molar-refractivity contribution in [1.82, 2.24) is 15.5 Å². The van der Waals surface area contributed by atoms with Crippen molar-refractivity contribution >= 4 is 29.9 Å². The molecule has 22 heavy (non-hydrogen) atoms. The summed E-state index contributed by atoms with van der Waals surface area (Å²) in [7, 11) is 1.83. The highest BCUT2D eigenvalue weighted by Crippen LogP contribution is 2.18. The standard InChI is InChI=1S/C16H32N4O.HI/c1-13-7-4-5-9-20(13)14(2)11-18-16(17-3)19-12-15-8-6-10-21-15;/h13-15H,4-12H2,1-3H3,(H2,17,18,19);1H. The Balaban J connectivity index is 0.00000242. The number of halogens is 1. The monoisotopic (exact) mass is 424 g/mol. The third-order valence-electron chi connectivity index (χ3n) is 4.73. The molecule has 0 spiro atoms. The summed E-state index contributed by atoms with van der Waals surface area (Å²) in [4.78, 5) is 6.92. The zero-order valence-electron chi connectivity index (χ0n) is 14.3. The van der Waals surface area contributed by atoms with E-state index in [4.69, 9.17) is 4.74 Å². The van der Waals surface area contributed by atoms with Gasteiger partial charge in [0.05, 0.1) is 6.10 Å². The van der Waals surface area contributed by atoms with E-state index in [1.54, 1.807) is 0 Å². The largest absolute Gasteiger partial charge is 0.376 e. The summed E-state index contributed by atoms with van der Waals surface area (Å²) < 4.78 is 5.63. The van der Waals surface area contributed by atoms with E-state index >= 15 is 0 Å². The Morgan fingerprint density at radius 2 is 2.09 bits per heavy atom. The molecule has 0 bridgehead atoms. The van der Waals surface area contributed by atoms with Crippen LogP contribution in [0.4, 0.5) is 0 Å².